The number of sulfonamides is 1. The lowest BCUT2D eigenvalue weighted by Crippen LogP contribution is -2.39. The number of hydrogen-bond acceptors (Lipinski definition) is 6. The van der Waals surface area contributed by atoms with Crippen LogP contribution in [-0.2, 0) is 21.4 Å². The number of aryl methyl sites for hydroxylation is 1. The Kier molecular flexibility index (Phi) is 10.00. The molecule has 0 unspecified atom stereocenters. The second-order valence-corrected chi connectivity index (χ2v) is 11.3. The highest BCUT2D eigenvalue weighted by Gasteiger charge is 2.27. The van der Waals surface area contributed by atoms with Gasteiger partial charge in [-0.15, -0.1) is 0 Å². The number of anilines is 1. The predicted octanol–water partition coefficient (Wildman–Crippen LogP) is 5.97. The summed E-state index contributed by atoms with van der Waals surface area (Å²) in [6.45, 7) is 4.31. The Hall–Kier alpha value is -4.34. The van der Waals surface area contributed by atoms with E-state index in [-0.39, 0.29) is 4.90 Å². The molecule has 0 fully saturated rings. The fourth-order valence-electron chi connectivity index (χ4n) is 3.77. The number of halogens is 1. The minimum Gasteiger partial charge on any atom is -0.494 e. The van der Waals surface area contributed by atoms with Gasteiger partial charge in [0.1, 0.15) is 24.7 Å². The van der Waals surface area contributed by atoms with E-state index < -0.39 is 22.5 Å². The first kappa shape index (κ1) is 29.6. The van der Waals surface area contributed by atoms with Gasteiger partial charge < -0.3 is 9.47 Å². The van der Waals surface area contributed by atoms with Crippen LogP contribution in [0.5, 0.6) is 11.5 Å². The normalized spacial score (nSPS) is 11.3. The number of carbonyl (C=O) groups excluding carboxylic acids is 1. The molecule has 1 N–H and O–H groups in total. The number of carbonyl (C=O) groups is 1. The summed E-state index contributed by atoms with van der Waals surface area (Å²) in [5.41, 5.74) is 5.69. The van der Waals surface area contributed by atoms with Gasteiger partial charge in [0, 0.05) is 5.02 Å². The third-order valence-electron chi connectivity index (χ3n) is 5.93. The smallest absolute Gasteiger partial charge is 0.264 e. The van der Waals surface area contributed by atoms with E-state index in [0.717, 1.165) is 15.4 Å². The summed E-state index contributed by atoms with van der Waals surface area (Å²) >= 11 is 5.94. The number of hydrogen-bond donors (Lipinski definition) is 1. The first-order valence-corrected chi connectivity index (χ1v) is 14.7. The third kappa shape index (κ3) is 8.33. The van der Waals surface area contributed by atoms with Crippen molar-refractivity contribution in [3.05, 3.63) is 119 Å². The van der Waals surface area contributed by atoms with Crippen molar-refractivity contribution in [2.45, 2.75) is 25.3 Å². The molecule has 0 bridgehead atoms. The largest absolute Gasteiger partial charge is 0.494 e. The third-order valence-corrected chi connectivity index (χ3v) is 7.97. The van der Waals surface area contributed by atoms with Crippen molar-refractivity contribution in [1.82, 2.24) is 5.43 Å². The van der Waals surface area contributed by atoms with E-state index in [1.807, 2.05) is 50.2 Å². The van der Waals surface area contributed by atoms with Crippen LogP contribution in [0.3, 0.4) is 0 Å². The molecule has 0 radical (unpaired) electrons. The van der Waals surface area contributed by atoms with Crippen LogP contribution in [0.1, 0.15) is 23.6 Å². The molecule has 41 heavy (non-hydrogen) atoms. The van der Waals surface area contributed by atoms with Crippen LogP contribution in [-0.4, -0.2) is 33.7 Å². The van der Waals surface area contributed by atoms with E-state index in [2.05, 4.69) is 10.5 Å². The number of nitrogens with one attached hydrogen (secondary N) is 1. The lowest BCUT2D eigenvalue weighted by Gasteiger charge is -2.24. The van der Waals surface area contributed by atoms with Crippen LogP contribution in [0.25, 0.3) is 0 Å². The number of rotatable bonds is 12. The Morgan fingerprint density at radius 3 is 2.12 bits per heavy atom. The molecule has 0 atom stereocenters. The fourth-order valence-corrected chi connectivity index (χ4v) is 5.32. The van der Waals surface area contributed by atoms with E-state index >= 15 is 0 Å². The predicted molar refractivity (Wildman–Crippen MR) is 161 cm³/mol. The maximum Gasteiger partial charge on any atom is 0.264 e. The number of ether oxygens (including phenoxy) is 2. The van der Waals surface area contributed by atoms with Crippen molar-refractivity contribution in [3.8, 4) is 11.5 Å². The van der Waals surface area contributed by atoms with E-state index in [1.165, 1.54) is 36.0 Å². The minimum absolute atomic E-state index is 0.00299. The van der Waals surface area contributed by atoms with Gasteiger partial charge in [-0.1, -0.05) is 41.4 Å². The summed E-state index contributed by atoms with van der Waals surface area (Å²) in [5.74, 6) is 0.664. The van der Waals surface area contributed by atoms with Crippen molar-refractivity contribution in [3.63, 3.8) is 0 Å². The van der Waals surface area contributed by atoms with Gasteiger partial charge in [-0.25, -0.2) is 13.8 Å². The molecule has 10 heteroatoms. The first-order chi connectivity index (χ1) is 19.7. The Morgan fingerprint density at radius 1 is 0.878 bits per heavy atom. The van der Waals surface area contributed by atoms with Gasteiger partial charge in [0.2, 0.25) is 0 Å². The molecular formula is C31H30ClN3O5S. The Labute approximate surface area is 245 Å². The highest BCUT2D eigenvalue weighted by atomic mass is 35.5. The molecule has 0 aromatic heterocycles. The van der Waals surface area contributed by atoms with Crippen LogP contribution in [0.4, 0.5) is 5.69 Å². The Balaban J connectivity index is 1.41. The molecule has 4 aromatic carbocycles. The maximum atomic E-state index is 13.5. The van der Waals surface area contributed by atoms with E-state index in [0.29, 0.717) is 35.4 Å². The van der Waals surface area contributed by atoms with E-state index in [4.69, 9.17) is 21.1 Å². The second kappa shape index (κ2) is 13.8. The zero-order valence-corrected chi connectivity index (χ0v) is 24.2. The molecule has 0 saturated heterocycles. The lowest BCUT2D eigenvalue weighted by atomic mass is 10.2. The Bertz CT molecular complexity index is 1570. The number of hydrazone groups is 1. The topological polar surface area (TPSA) is 97.3 Å². The van der Waals surface area contributed by atoms with Crippen molar-refractivity contribution in [2.24, 2.45) is 5.10 Å². The quantitative estimate of drug-likeness (QED) is 0.162. The molecule has 0 spiro atoms. The standard InChI is InChI=1S/C31H30ClN3O5S/c1-3-39-28-16-12-27(13-17-28)35(41(37,38)30-18-10-26(32)11-19-30)21-31(36)34-33-20-24-8-14-29(15-9-24)40-22-25-6-4-23(2)5-7-25/h4-20H,3,21-22H2,1-2H3,(H,34,36)/b33-20-. The van der Waals surface area contributed by atoms with Gasteiger partial charge in [-0.3, -0.25) is 9.10 Å². The molecule has 0 aliphatic carbocycles. The average Bonchev–Trinajstić information content (AvgIpc) is 2.97. The fraction of sp³-hybridized carbons (Fsp3) is 0.161. The summed E-state index contributed by atoms with van der Waals surface area (Å²) in [6, 6.07) is 27.5. The highest BCUT2D eigenvalue weighted by molar-refractivity contribution is 7.92. The molecule has 0 aliphatic rings. The molecule has 0 saturated carbocycles. The molecule has 4 rings (SSSR count). The van der Waals surface area contributed by atoms with Crippen LogP contribution in [0, 0.1) is 6.92 Å². The maximum absolute atomic E-state index is 13.5. The summed E-state index contributed by atoms with van der Waals surface area (Å²) in [5, 5.41) is 4.40. The van der Waals surface area contributed by atoms with Gasteiger partial charge in [0.25, 0.3) is 15.9 Å². The SMILES string of the molecule is CCOc1ccc(N(CC(=O)N/N=C\c2ccc(OCc3ccc(C)cc3)cc2)S(=O)(=O)c2ccc(Cl)cc2)cc1. The van der Waals surface area contributed by atoms with Crippen LogP contribution in [0.15, 0.2) is 107 Å². The van der Waals surface area contributed by atoms with Gasteiger partial charge in [0.05, 0.1) is 23.4 Å². The molecule has 8 nitrogen and oxygen atoms in total. The first-order valence-electron chi connectivity index (χ1n) is 12.9. The van der Waals surface area contributed by atoms with Crippen molar-refractivity contribution in [1.29, 1.82) is 0 Å². The van der Waals surface area contributed by atoms with Gasteiger partial charge in [-0.05, 0) is 97.8 Å². The number of benzene rings is 4. The number of amides is 1. The van der Waals surface area contributed by atoms with E-state index in [1.54, 1.807) is 36.4 Å². The van der Waals surface area contributed by atoms with Gasteiger partial charge in [-0.2, -0.15) is 5.10 Å². The summed E-state index contributed by atoms with van der Waals surface area (Å²) in [6.07, 6.45) is 1.47. The van der Waals surface area contributed by atoms with Crippen molar-refractivity contribution < 1.29 is 22.7 Å². The number of nitrogens with zero attached hydrogens (tertiary/aromatic N) is 2. The minimum atomic E-state index is -4.09. The molecule has 0 heterocycles. The van der Waals surface area contributed by atoms with E-state index in [9.17, 15) is 13.2 Å². The zero-order valence-electron chi connectivity index (χ0n) is 22.7. The van der Waals surface area contributed by atoms with Crippen LogP contribution in [0.2, 0.25) is 5.02 Å². The lowest BCUT2D eigenvalue weighted by molar-refractivity contribution is -0.119. The van der Waals surface area contributed by atoms with Crippen molar-refractivity contribution >= 4 is 39.4 Å². The van der Waals surface area contributed by atoms with Gasteiger partial charge >= 0.3 is 0 Å². The van der Waals surface area contributed by atoms with Crippen LogP contribution >= 0.6 is 11.6 Å². The summed E-state index contributed by atoms with van der Waals surface area (Å²) in [4.78, 5) is 12.8. The summed E-state index contributed by atoms with van der Waals surface area (Å²) < 4.78 is 39.3. The monoisotopic (exact) mass is 591 g/mol. The second-order valence-electron chi connectivity index (χ2n) is 9.03. The van der Waals surface area contributed by atoms with Crippen molar-refractivity contribution in [2.75, 3.05) is 17.5 Å². The molecular weight excluding hydrogens is 562 g/mol. The zero-order chi connectivity index (χ0) is 29.2. The van der Waals surface area contributed by atoms with Gasteiger partial charge in [0.15, 0.2) is 0 Å². The molecule has 212 valence electrons. The van der Waals surface area contributed by atoms with Crippen LogP contribution < -0.4 is 19.2 Å². The Morgan fingerprint density at radius 2 is 1.49 bits per heavy atom. The summed E-state index contributed by atoms with van der Waals surface area (Å²) in [7, 11) is -4.09. The highest BCUT2D eigenvalue weighted by Crippen LogP contribution is 2.26. The molecule has 1 amide bonds. The molecule has 0 aliphatic heterocycles. The molecule has 4 aromatic rings. The average molecular weight is 592 g/mol.